The number of benzene rings is 3. The number of carbonyl (C=O) groups is 3. The van der Waals surface area contributed by atoms with Crippen LogP contribution in [0.4, 0.5) is 13.2 Å². The van der Waals surface area contributed by atoms with Gasteiger partial charge in [-0.1, -0.05) is 64.2 Å². The van der Waals surface area contributed by atoms with Crippen molar-refractivity contribution in [2.45, 2.75) is 84.2 Å². The number of halogens is 3. The minimum Gasteiger partial charge on any atom is -0.493 e. The molecule has 0 aliphatic carbocycles. The zero-order chi connectivity index (χ0) is 34.9. The molecular formula is C38H43F3O7. The van der Waals surface area contributed by atoms with Gasteiger partial charge in [0.1, 0.15) is 17.2 Å². The van der Waals surface area contributed by atoms with E-state index in [4.69, 9.17) is 18.9 Å². The molecule has 0 aliphatic heterocycles. The van der Waals surface area contributed by atoms with Crippen molar-refractivity contribution in [3.05, 3.63) is 101 Å². The third-order valence-electron chi connectivity index (χ3n) is 7.54. The van der Waals surface area contributed by atoms with E-state index in [9.17, 15) is 27.6 Å². The normalized spacial score (nSPS) is 11.1. The lowest BCUT2D eigenvalue weighted by Crippen LogP contribution is -2.16. The van der Waals surface area contributed by atoms with Gasteiger partial charge < -0.3 is 18.9 Å². The molecule has 0 fully saturated rings. The highest BCUT2D eigenvalue weighted by molar-refractivity contribution is 5.93. The van der Waals surface area contributed by atoms with Crippen molar-refractivity contribution in [2.24, 2.45) is 0 Å². The third kappa shape index (κ3) is 12.5. The molecule has 0 aromatic heterocycles. The molecule has 7 nitrogen and oxygen atoms in total. The molecule has 258 valence electrons. The molecule has 0 bridgehead atoms. The number of alkyl halides is 3. The molecule has 0 atom stereocenters. The van der Waals surface area contributed by atoms with Crippen molar-refractivity contribution in [1.29, 1.82) is 0 Å². The van der Waals surface area contributed by atoms with Gasteiger partial charge in [0.25, 0.3) is 0 Å². The summed E-state index contributed by atoms with van der Waals surface area (Å²) < 4.78 is 63.1. The molecule has 0 unspecified atom stereocenters. The summed E-state index contributed by atoms with van der Waals surface area (Å²) in [5.74, 6) is -2.52. The van der Waals surface area contributed by atoms with Crippen LogP contribution in [-0.4, -0.2) is 31.1 Å². The fraction of sp³-hybridized carbons (Fsp3) is 0.395. The maximum atomic E-state index is 14.0. The number of rotatable bonds is 19. The van der Waals surface area contributed by atoms with Crippen LogP contribution in [0.15, 0.2) is 73.3 Å². The quantitative estimate of drug-likeness (QED) is 0.0544. The average Bonchev–Trinajstić information content (AvgIpc) is 3.06. The van der Waals surface area contributed by atoms with Gasteiger partial charge in [-0.25, -0.2) is 14.4 Å². The van der Waals surface area contributed by atoms with E-state index >= 15 is 0 Å². The molecule has 0 aliphatic rings. The highest BCUT2D eigenvalue weighted by atomic mass is 19.4. The van der Waals surface area contributed by atoms with Crippen LogP contribution in [0.3, 0.4) is 0 Å². The average molecular weight is 669 g/mol. The molecule has 0 amide bonds. The molecular weight excluding hydrogens is 625 g/mol. The first-order valence-corrected chi connectivity index (χ1v) is 16.3. The lowest BCUT2D eigenvalue weighted by Gasteiger charge is -2.15. The van der Waals surface area contributed by atoms with Crippen molar-refractivity contribution in [2.75, 3.05) is 13.2 Å². The maximum absolute atomic E-state index is 14.0. The van der Waals surface area contributed by atoms with Gasteiger partial charge in [0.15, 0.2) is 0 Å². The minimum atomic E-state index is -4.92. The van der Waals surface area contributed by atoms with Crippen LogP contribution in [0, 0.1) is 6.92 Å². The van der Waals surface area contributed by atoms with Gasteiger partial charge in [0, 0.05) is 6.08 Å². The van der Waals surface area contributed by atoms with Gasteiger partial charge in [-0.3, -0.25) is 0 Å². The van der Waals surface area contributed by atoms with Crippen LogP contribution in [0.2, 0.25) is 0 Å². The lowest BCUT2D eigenvalue weighted by molar-refractivity contribution is -0.139. The second-order valence-electron chi connectivity index (χ2n) is 11.4. The summed E-state index contributed by atoms with van der Waals surface area (Å²) in [7, 11) is 0. The van der Waals surface area contributed by atoms with E-state index in [1.807, 2.05) is 12.1 Å². The summed E-state index contributed by atoms with van der Waals surface area (Å²) in [6.07, 6.45) is 6.65. The monoisotopic (exact) mass is 668 g/mol. The molecule has 0 radical (unpaired) electrons. The van der Waals surface area contributed by atoms with Crippen molar-refractivity contribution >= 4 is 17.9 Å². The molecule has 0 spiro atoms. The number of ether oxygens (including phenoxy) is 4. The Balaban J connectivity index is 1.57. The molecule has 3 rings (SSSR count). The number of esters is 3. The van der Waals surface area contributed by atoms with Crippen molar-refractivity contribution in [3.63, 3.8) is 0 Å². The number of hydrogen-bond acceptors (Lipinski definition) is 7. The van der Waals surface area contributed by atoms with Gasteiger partial charge in [-0.15, -0.1) is 0 Å². The van der Waals surface area contributed by atoms with Crippen LogP contribution in [-0.2, 0) is 22.1 Å². The first-order chi connectivity index (χ1) is 23.0. The van der Waals surface area contributed by atoms with Crippen LogP contribution >= 0.6 is 0 Å². The Morgan fingerprint density at radius 2 is 1.33 bits per heavy atom. The fourth-order valence-corrected chi connectivity index (χ4v) is 4.86. The van der Waals surface area contributed by atoms with E-state index in [1.54, 1.807) is 19.1 Å². The van der Waals surface area contributed by atoms with Crippen molar-refractivity contribution < 1.29 is 46.5 Å². The summed E-state index contributed by atoms with van der Waals surface area (Å²) in [6.45, 7) is 7.75. The predicted molar refractivity (Wildman–Crippen MR) is 177 cm³/mol. The molecule has 0 heterocycles. The Morgan fingerprint density at radius 1 is 0.729 bits per heavy atom. The van der Waals surface area contributed by atoms with E-state index < -0.39 is 35.4 Å². The standard InChI is InChI=1S/C38H43F3O7/c1-4-6-7-8-9-10-11-14-28-15-19-31(20-16-28)47-36(43)30-18-22-34(32(26-30)38(39,40)41)48-37(44)29-17-21-33(27(3)25-29)45-23-12-13-24-46-35(42)5-2/h5,15-22,25-26H,2,4,6-14,23-24H2,1,3H3. The van der Waals surface area contributed by atoms with Gasteiger partial charge >= 0.3 is 24.1 Å². The first kappa shape index (κ1) is 37.9. The smallest absolute Gasteiger partial charge is 0.420 e. The highest BCUT2D eigenvalue weighted by Crippen LogP contribution is 2.37. The van der Waals surface area contributed by atoms with E-state index in [2.05, 4.69) is 13.5 Å². The fourth-order valence-electron chi connectivity index (χ4n) is 4.86. The van der Waals surface area contributed by atoms with Gasteiger partial charge in [-0.05, 0) is 92.3 Å². The van der Waals surface area contributed by atoms with E-state index in [0.29, 0.717) is 36.8 Å². The summed E-state index contributed by atoms with van der Waals surface area (Å²) >= 11 is 0. The Hall–Kier alpha value is -4.60. The molecule has 3 aromatic carbocycles. The van der Waals surface area contributed by atoms with Gasteiger partial charge in [0.2, 0.25) is 0 Å². The number of aryl methyl sites for hydroxylation is 2. The first-order valence-electron chi connectivity index (χ1n) is 16.3. The zero-order valence-electron chi connectivity index (χ0n) is 27.5. The topological polar surface area (TPSA) is 88.1 Å². The second-order valence-corrected chi connectivity index (χ2v) is 11.4. The third-order valence-corrected chi connectivity index (χ3v) is 7.54. The molecule has 0 saturated carbocycles. The number of carbonyl (C=O) groups excluding carboxylic acids is 3. The van der Waals surface area contributed by atoms with E-state index in [0.717, 1.165) is 43.0 Å². The Kier molecular flexibility index (Phi) is 15.2. The number of hydrogen-bond donors (Lipinski definition) is 0. The predicted octanol–water partition coefficient (Wildman–Crippen LogP) is 9.63. The summed E-state index contributed by atoms with van der Waals surface area (Å²) in [5, 5.41) is 0. The summed E-state index contributed by atoms with van der Waals surface area (Å²) in [4.78, 5) is 36.6. The minimum absolute atomic E-state index is 0.0169. The second kappa shape index (κ2) is 19.3. The lowest BCUT2D eigenvalue weighted by atomic mass is 10.0. The maximum Gasteiger partial charge on any atom is 0.420 e. The zero-order valence-corrected chi connectivity index (χ0v) is 27.5. The SMILES string of the molecule is C=CC(=O)OCCCCOc1ccc(C(=O)Oc2ccc(C(=O)Oc3ccc(CCCCCCCCC)cc3)cc2C(F)(F)F)cc1C. The van der Waals surface area contributed by atoms with Crippen LogP contribution < -0.4 is 14.2 Å². The summed E-state index contributed by atoms with van der Waals surface area (Å²) in [6, 6.07) is 13.9. The van der Waals surface area contributed by atoms with Crippen LogP contribution in [0.25, 0.3) is 0 Å². The molecule has 48 heavy (non-hydrogen) atoms. The van der Waals surface area contributed by atoms with Crippen molar-refractivity contribution in [3.8, 4) is 17.2 Å². The van der Waals surface area contributed by atoms with E-state index in [1.165, 1.54) is 50.3 Å². The molecule has 0 saturated heterocycles. The summed E-state index contributed by atoms with van der Waals surface area (Å²) in [5.41, 5.74) is 0.0499. The molecule has 0 N–H and O–H groups in total. The van der Waals surface area contributed by atoms with Gasteiger partial charge in [0.05, 0.1) is 29.9 Å². The van der Waals surface area contributed by atoms with Gasteiger partial charge in [-0.2, -0.15) is 13.2 Å². The van der Waals surface area contributed by atoms with Crippen LogP contribution in [0.1, 0.15) is 102 Å². The Morgan fingerprint density at radius 3 is 1.98 bits per heavy atom. The Bertz CT molecular complexity index is 1510. The molecule has 3 aromatic rings. The van der Waals surface area contributed by atoms with Crippen LogP contribution in [0.5, 0.6) is 17.2 Å². The molecule has 10 heteroatoms. The van der Waals surface area contributed by atoms with Crippen molar-refractivity contribution in [1.82, 2.24) is 0 Å². The number of unbranched alkanes of at least 4 members (excludes halogenated alkanes) is 7. The highest BCUT2D eigenvalue weighted by Gasteiger charge is 2.36. The largest absolute Gasteiger partial charge is 0.493 e. The Labute approximate surface area is 280 Å². The van der Waals surface area contributed by atoms with E-state index in [-0.39, 0.29) is 23.5 Å².